The van der Waals surface area contributed by atoms with Crippen molar-refractivity contribution in [1.29, 1.82) is 0 Å². The predicted octanol–water partition coefficient (Wildman–Crippen LogP) is 2.34. The van der Waals surface area contributed by atoms with E-state index in [2.05, 4.69) is 4.74 Å². The normalized spacial score (nSPS) is 13.2. The number of hydrogen-bond acceptors (Lipinski definition) is 3. The lowest BCUT2D eigenvalue weighted by Crippen LogP contribution is -2.46. The monoisotopic (exact) mass is 304 g/mol. The van der Waals surface area contributed by atoms with Crippen molar-refractivity contribution in [2.45, 2.75) is 24.6 Å². The third kappa shape index (κ3) is 4.81. The second-order valence-corrected chi connectivity index (χ2v) is 2.84. The van der Waals surface area contributed by atoms with E-state index >= 15 is 0 Å². The highest BCUT2D eigenvalue weighted by Crippen LogP contribution is 2.37. The maximum absolute atomic E-state index is 11.9. The van der Waals surface area contributed by atoms with Crippen LogP contribution >= 0.6 is 0 Å². The number of esters is 1. The van der Waals surface area contributed by atoms with E-state index in [9.17, 15) is 49.1 Å². The van der Waals surface area contributed by atoms with Crippen LogP contribution in [0.15, 0.2) is 5.57 Å². The molecule has 0 fully saturated rings. The molecule has 0 N–H and O–H groups in total. The van der Waals surface area contributed by atoms with E-state index in [0.29, 0.717) is 0 Å². The van der Waals surface area contributed by atoms with Gasteiger partial charge in [0.1, 0.15) is 5.94 Å². The average molecular weight is 304 g/mol. The molecule has 0 heterocycles. The maximum Gasteiger partial charge on any atom is 0.434 e. The first-order valence-electron chi connectivity index (χ1n) is 3.88. The van der Waals surface area contributed by atoms with E-state index in [1.807, 2.05) is 0 Å². The second kappa shape index (κ2) is 5.11. The van der Waals surface area contributed by atoms with Gasteiger partial charge in [-0.25, -0.2) is 9.59 Å². The standard InChI is InChI=1S/C7HF9O3/c8-5(9,10)2(1-17)3(18)19-4(6(11,12)13)7(14,15)16/h4H. The Morgan fingerprint density at radius 3 is 1.47 bits per heavy atom. The highest BCUT2D eigenvalue weighted by molar-refractivity contribution is 5.98. The van der Waals surface area contributed by atoms with Crippen LogP contribution in [0.2, 0.25) is 0 Å². The minimum atomic E-state index is -6.19. The molecule has 0 aliphatic rings. The Hall–Kier alpha value is -1.71. The van der Waals surface area contributed by atoms with E-state index in [-0.39, 0.29) is 5.94 Å². The number of halogens is 9. The van der Waals surface area contributed by atoms with Crippen LogP contribution in [0.1, 0.15) is 0 Å². The summed E-state index contributed by atoms with van der Waals surface area (Å²) in [5, 5.41) is 0. The van der Waals surface area contributed by atoms with Gasteiger partial charge in [-0.3, -0.25) is 0 Å². The molecule has 12 heteroatoms. The number of carbonyl (C=O) groups excluding carboxylic acids is 2. The molecule has 0 aliphatic carbocycles. The van der Waals surface area contributed by atoms with Crippen molar-refractivity contribution in [3.05, 3.63) is 5.57 Å². The Bertz CT molecular complexity index is 382. The number of alkyl halides is 9. The zero-order valence-electron chi connectivity index (χ0n) is 8.20. The summed E-state index contributed by atoms with van der Waals surface area (Å²) in [6, 6.07) is 0. The van der Waals surface area contributed by atoms with E-state index in [1.165, 1.54) is 0 Å². The zero-order valence-corrected chi connectivity index (χ0v) is 8.20. The van der Waals surface area contributed by atoms with Crippen molar-refractivity contribution >= 4 is 11.9 Å². The van der Waals surface area contributed by atoms with Gasteiger partial charge in [-0.05, 0) is 0 Å². The van der Waals surface area contributed by atoms with Gasteiger partial charge in [0.15, 0.2) is 0 Å². The van der Waals surface area contributed by atoms with Crippen LogP contribution < -0.4 is 0 Å². The van der Waals surface area contributed by atoms with Crippen molar-refractivity contribution in [3.8, 4) is 0 Å². The van der Waals surface area contributed by atoms with Crippen molar-refractivity contribution in [3.63, 3.8) is 0 Å². The van der Waals surface area contributed by atoms with Gasteiger partial charge in [0.05, 0.1) is 0 Å². The van der Waals surface area contributed by atoms with Crippen molar-refractivity contribution in [2.24, 2.45) is 0 Å². The SMILES string of the molecule is O=C=C(C(=O)OC(C(F)(F)F)C(F)(F)F)C(F)(F)F. The Morgan fingerprint density at radius 1 is 0.895 bits per heavy atom. The minimum absolute atomic E-state index is 0.118. The smallest absolute Gasteiger partial charge is 0.434 e. The molecule has 110 valence electrons. The molecule has 0 aromatic heterocycles. The number of ether oxygens (including phenoxy) is 1. The molecule has 0 spiro atoms. The van der Waals surface area contributed by atoms with Crippen molar-refractivity contribution in [2.75, 3.05) is 0 Å². The molecule has 0 radical (unpaired) electrons. The summed E-state index contributed by atoms with van der Waals surface area (Å²) in [5.41, 5.74) is -2.94. The van der Waals surface area contributed by atoms with Gasteiger partial charge in [0, 0.05) is 0 Å². The van der Waals surface area contributed by atoms with Crippen LogP contribution in [0, 0.1) is 0 Å². The molecule has 0 rings (SSSR count). The molecular formula is C7HF9O3. The van der Waals surface area contributed by atoms with Gasteiger partial charge in [-0.15, -0.1) is 0 Å². The van der Waals surface area contributed by atoms with Gasteiger partial charge < -0.3 is 4.74 Å². The first-order chi connectivity index (χ1) is 8.21. The quantitative estimate of drug-likeness (QED) is 0.340. The van der Waals surface area contributed by atoms with Crippen LogP contribution in [0.3, 0.4) is 0 Å². The zero-order chi connectivity index (χ0) is 15.6. The number of hydrogen-bond donors (Lipinski definition) is 0. The Balaban J connectivity index is 5.31. The Kier molecular flexibility index (Phi) is 4.65. The van der Waals surface area contributed by atoms with E-state index in [1.54, 1.807) is 0 Å². The van der Waals surface area contributed by atoms with Gasteiger partial charge in [-0.1, -0.05) is 0 Å². The summed E-state index contributed by atoms with van der Waals surface area (Å²) < 4.78 is 109. The summed E-state index contributed by atoms with van der Waals surface area (Å²) in [4.78, 5) is 20.2. The lowest BCUT2D eigenvalue weighted by Gasteiger charge is -2.23. The van der Waals surface area contributed by atoms with Gasteiger partial charge in [-0.2, -0.15) is 39.5 Å². The lowest BCUT2D eigenvalue weighted by atomic mass is 10.3. The molecular weight excluding hydrogens is 303 g/mol. The minimum Gasteiger partial charge on any atom is -0.439 e. The second-order valence-electron chi connectivity index (χ2n) is 2.84. The summed E-state index contributed by atoms with van der Waals surface area (Å²) in [7, 11) is 0. The van der Waals surface area contributed by atoms with Gasteiger partial charge in [0.2, 0.25) is 5.57 Å². The molecule has 0 unspecified atom stereocenters. The summed E-state index contributed by atoms with van der Waals surface area (Å²) in [6.07, 6.45) is -22.9. The third-order valence-electron chi connectivity index (χ3n) is 1.41. The first-order valence-corrected chi connectivity index (χ1v) is 3.88. The van der Waals surface area contributed by atoms with E-state index < -0.39 is 36.2 Å². The van der Waals surface area contributed by atoms with Crippen LogP contribution in [0.25, 0.3) is 0 Å². The summed E-state index contributed by atoms with van der Waals surface area (Å²) >= 11 is 0. The van der Waals surface area contributed by atoms with Crippen LogP contribution in [-0.4, -0.2) is 36.5 Å². The Morgan fingerprint density at radius 2 is 1.26 bits per heavy atom. The van der Waals surface area contributed by atoms with E-state index in [4.69, 9.17) is 0 Å². The molecule has 0 aromatic rings. The molecule has 0 atom stereocenters. The molecule has 0 saturated carbocycles. The maximum atomic E-state index is 11.9. The largest absolute Gasteiger partial charge is 0.439 e. The van der Waals surface area contributed by atoms with Crippen molar-refractivity contribution < 1.29 is 53.8 Å². The molecule has 0 amide bonds. The Labute approximate surface area is 97.2 Å². The molecule has 0 aliphatic heterocycles. The van der Waals surface area contributed by atoms with Crippen LogP contribution in [0.4, 0.5) is 39.5 Å². The highest BCUT2D eigenvalue weighted by Gasteiger charge is 2.60. The van der Waals surface area contributed by atoms with Gasteiger partial charge in [0.25, 0.3) is 6.10 Å². The lowest BCUT2D eigenvalue weighted by molar-refractivity contribution is -0.313. The fourth-order valence-corrected chi connectivity index (χ4v) is 0.700. The molecule has 3 nitrogen and oxygen atoms in total. The number of carbonyl (C=O) groups is 1. The average Bonchev–Trinajstić information content (AvgIpc) is 2.09. The van der Waals surface area contributed by atoms with Crippen LogP contribution in [0.5, 0.6) is 0 Å². The summed E-state index contributed by atoms with van der Waals surface area (Å²) in [5.74, 6) is -3.24. The topological polar surface area (TPSA) is 43.4 Å². The fourth-order valence-electron chi connectivity index (χ4n) is 0.700. The molecule has 0 saturated heterocycles. The van der Waals surface area contributed by atoms with Crippen molar-refractivity contribution in [1.82, 2.24) is 0 Å². The molecule has 0 bridgehead atoms. The third-order valence-corrected chi connectivity index (χ3v) is 1.41. The highest BCUT2D eigenvalue weighted by atomic mass is 19.4. The van der Waals surface area contributed by atoms with Crippen LogP contribution in [-0.2, 0) is 14.3 Å². The summed E-state index contributed by atoms with van der Waals surface area (Å²) in [6.45, 7) is 0. The molecule has 19 heavy (non-hydrogen) atoms. The van der Waals surface area contributed by atoms with Gasteiger partial charge >= 0.3 is 24.5 Å². The van der Waals surface area contributed by atoms with E-state index in [0.717, 1.165) is 0 Å². The molecule has 0 aromatic carbocycles. The first kappa shape index (κ1) is 17.3. The predicted molar refractivity (Wildman–Crippen MR) is 37.3 cm³/mol. The fraction of sp³-hybridized carbons (Fsp3) is 0.571. The number of rotatable bonds is 2.